The van der Waals surface area contributed by atoms with E-state index in [-0.39, 0.29) is 11.4 Å². The maximum Gasteiger partial charge on any atom is 0.336 e. The summed E-state index contributed by atoms with van der Waals surface area (Å²) in [6, 6.07) is 14.3. The van der Waals surface area contributed by atoms with Gasteiger partial charge < -0.3 is 10.4 Å². The van der Waals surface area contributed by atoms with Crippen LogP contribution in [-0.2, 0) is 0 Å². The van der Waals surface area contributed by atoms with Gasteiger partial charge in [0.05, 0.1) is 11.1 Å². The van der Waals surface area contributed by atoms with Gasteiger partial charge in [-0.25, -0.2) is 14.2 Å². The summed E-state index contributed by atoms with van der Waals surface area (Å²) in [5.41, 5.74) is 1.51. The minimum absolute atomic E-state index is 0.216. The first-order chi connectivity index (χ1) is 10.1. The van der Waals surface area contributed by atoms with Crippen LogP contribution in [0.25, 0.3) is 10.9 Å². The summed E-state index contributed by atoms with van der Waals surface area (Å²) < 4.78 is 12.9. The Kier molecular flexibility index (Phi) is 3.23. The molecular formula is C16H11FN2O2. The zero-order valence-electron chi connectivity index (χ0n) is 10.9. The maximum absolute atomic E-state index is 12.9. The predicted octanol–water partition coefficient (Wildman–Crippen LogP) is 3.82. The number of carboxylic acid groups (broad SMARTS) is 1. The fourth-order valence-electron chi connectivity index (χ4n) is 2.09. The number of halogens is 1. The molecule has 0 fully saturated rings. The molecule has 2 N–H and O–H groups in total. The van der Waals surface area contributed by atoms with Gasteiger partial charge in [0.1, 0.15) is 11.6 Å². The van der Waals surface area contributed by atoms with Crippen molar-refractivity contribution in [2.24, 2.45) is 0 Å². The van der Waals surface area contributed by atoms with Crippen molar-refractivity contribution in [1.82, 2.24) is 4.98 Å². The summed E-state index contributed by atoms with van der Waals surface area (Å²) in [5.74, 6) is -0.726. The van der Waals surface area contributed by atoms with Gasteiger partial charge in [-0.05, 0) is 48.5 Å². The van der Waals surface area contributed by atoms with Crippen molar-refractivity contribution in [3.63, 3.8) is 0 Å². The van der Waals surface area contributed by atoms with E-state index in [1.54, 1.807) is 42.5 Å². The Morgan fingerprint density at radius 2 is 1.81 bits per heavy atom. The van der Waals surface area contributed by atoms with E-state index in [0.29, 0.717) is 22.4 Å². The molecule has 0 spiro atoms. The fraction of sp³-hybridized carbons (Fsp3) is 0. The van der Waals surface area contributed by atoms with Crippen molar-refractivity contribution in [2.45, 2.75) is 0 Å². The molecule has 0 saturated heterocycles. The Bertz CT molecular complexity index is 816. The van der Waals surface area contributed by atoms with Crippen LogP contribution in [0.5, 0.6) is 0 Å². The number of aromatic carboxylic acids is 1. The van der Waals surface area contributed by atoms with Crippen molar-refractivity contribution in [2.75, 3.05) is 5.32 Å². The number of anilines is 2. The largest absolute Gasteiger partial charge is 0.478 e. The van der Waals surface area contributed by atoms with Crippen LogP contribution < -0.4 is 5.32 Å². The number of hydrogen-bond acceptors (Lipinski definition) is 3. The molecule has 2 aromatic carbocycles. The lowest BCUT2D eigenvalue weighted by atomic mass is 10.1. The van der Waals surface area contributed by atoms with Crippen LogP contribution in [0.4, 0.5) is 15.9 Å². The maximum atomic E-state index is 12.9. The first-order valence-electron chi connectivity index (χ1n) is 6.29. The summed E-state index contributed by atoms with van der Waals surface area (Å²) in [7, 11) is 0. The topological polar surface area (TPSA) is 62.2 Å². The second-order valence-corrected chi connectivity index (χ2v) is 4.51. The highest BCUT2D eigenvalue weighted by Crippen LogP contribution is 2.21. The van der Waals surface area contributed by atoms with Crippen molar-refractivity contribution in [3.8, 4) is 0 Å². The van der Waals surface area contributed by atoms with Gasteiger partial charge >= 0.3 is 5.97 Å². The molecule has 0 amide bonds. The van der Waals surface area contributed by atoms with Crippen LogP contribution in [0.3, 0.4) is 0 Å². The zero-order chi connectivity index (χ0) is 14.8. The van der Waals surface area contributed by atoms with Crippen LogP contribution in [-0.4, -0.2) is 16.1 Å². The molecular weight excluding hydrogens is 271 g/mol. The lowest BCUT2D eigenvalue weighted by molar-refractivity contribution is 0.0699. The summed E-state index contributed by atoms with van der Waals surface area (Å²) >= 11 is 0. The molecule has 1 aromatic heterocycles. The number of rotatable bonds is 3. The number of carboxylic acids is 1. The average Bonchev–Trinajstić information content (AvgIpc) is 2.48. The lowest BCUT2D eigenvalue weighted by Crippen LogP contribution is -1.99. The standard InChI is InChI=1S/C16H11FN2O2/c17-10-4-6-11(7-5-10)18-15-9-8-12-13(16(20)21)2-1-3-14(12)19-15/h1-9H,(H,18,19)(H,20,21). The Morgan fingerprint density at radius 1 is 1.05 bits per heavy atom. The molecule has 0 bridgehead atoms. The van der Waals surface area contributed by atoms with Gasteiger partial charge in [-0.3, -0.25) is 0 Å². The summed E-state index contributed by atoms with van der Waals surface area (Å²) in [5, 5.41) is 12.8. The van der Waals surface area contributed by atoms with Crippen molar-refractivity contribution < 1.29 is 14.3 Å². The van der Waals surface area contributed by atoms with E-state index in [1.165, 1.54) is 12.1 Å². The number of nitrogens with one attached hydrogen (secondary N) is 1. The van der Waals surface area contributed by atoms with E-state index in [0.717, 1.165) is 0 Å². The third-order valence-corrected chi connectivity index (χ3v) is 3.08. The second-order valence-electron chi connectivity index (χ2n) is 4.51. The number of nitrogens with zero attached hydrogens (tertiary/aromatic N) is 1. The molecule has 0 aliphatic rings. The molecule has 0 aliphatic heterocycles. The molecule has 0 aliphatic carbocycles. The summed E-state index contributed by atoms with van der Waals surface area (Å²) in [6.45, 7) is 0. The quantitative estimate of drug-likeness (QED) is 0.766. The number of pyridine rings is 1. The minimum atomic E-state index is -0.985. The van der Waals surface area contributed by atoms with Crippen molar-refractivity contribution in [1.29, 1.82) is 0 Å². The van der Waals surface area contributed by atoms with Gasteiger partial charge in [-0.1, -0.05) is 6.07 Å². The normalized spacial score (nSPS) is 10.5. The van der Waals surface area contributed by atoms with Crippen molar-refractivity contribution >= 4 is 28.4 Å². The van der Waals surface area contributed by atoms with Gasteiger partial charge in [0.15, 0.2) is 0 Å². The molecule has 3 aromatic rings. The number of benzene rings is 2. The molecule has 0 saturated carbocycles. The van der Waals surface area contributed by atoms with Crippen LogP contribution in [0.15, 0.2) is 54.6 Å². The molecule has 0 radical (unpaired) electrons. The molecule has 4 nitrogen and oxygen atoms in total. The van der Waals surface area contributed by atoms with E-state index in [4.69, 9.17) is 5.11 Å². The van der Waals surface area contributed by atoms with E-state index < -0.39 is 5.97 Å². The minimum Gasteiger partial charge on any atom is -0.478 e. The van der Waals surface area contributed by atoms with E-state index >= 15 is 0 Å². The highest BCUT2D eigenvalue weighted by Gasteiger charge is 2.09. The van der Waals surface area contributed by atoms with Crippen LogP contribution in [0.2, 0.25) is 0 Å². The highest BCUT2D eigenvalue weighted by atomic mass is 19.1. The Labute approximate surface area is 119 Å². The molecule has 104 valence electrons. The number of fused-ring (bicyclic) bond motifs is 1. The van der Waals surface area contributed by atoms with Crippen LogP contribution in [0, 0.1) is 5.82 Å². The van der Waals surface area contributed by atoms with Crippen molar-refractivity contribution in [3.05, 3.63) is 66.0 Å². The van der Waals surface area contributed by atoms with E-state index in [9.17, 15) is 9.18 Å². The van der Waals surface area contributed by atoms with E-state index in [1.807, 2.05) is 0 Å². The first-order valence-corrected chi connectivity index (χ1v) is 6.29. The Balaban J connectivity index is 1.98. The fourth-order valence-corrected chi connectivity index (χ4v) is 2.09. The zero-order valence-corrected chi connectivity index (χ0v) is 10.9. The SMILES string of the molecule is O=C(O)c1cccc2nc(Nc3ccc(F)cc3)ccc12. The Hall–Kier alpha value is -2.95. The lowest BCUT2D eigenvalue weighted by Gasteiger charge is -2.07. The first kappa shape index (κ1) is 13.1. The number of carbonyl (C=O) groups is 1. The Morgan fingerprint density at radius 3 is 2.52 bits per heavy atom. The van der Waals surface area contributed by atoms with Gasteiger partial charge in [-0.15, -0.1) is 0 Å². The van der Waals surface area contributed by atoms with E-state index in [2.05, 4.69) is 10.3 Å². The van der Waals surface area contributed by atoms with Crippen LogP contribution >= 0.6 is 0 Å². The van der Waals surface area contributed by atoms with Gasteiger partial charge in [0, 0.05) is 11.1 Å². The van der Waals surface area contributed by atoms with Gasteiger partial charge in [0.25, 0.3) is 0 Å². The molecule has 21 heavy (non-hydrogen) atoms. The third kappa shape index (κ3) is 2.67. The summed E-state index contributed by atoms with van der Waals surface area (Å²) in [6.07, 6.45) is 0. The molecule has 1 heterocycles. The molecule has 0 unspecified atom stereocenters. The molecule has 0 atom stereocenters. The number of hydrogen-bond donors (Lipinski definition) is 2. The molecule has 5 heteroatoms. The highest BCUT2D eigenvalue weighted by molar-refractivity contribution is 6.02. The predicted molar refractivity (Wildman–Crippen MR) is 78.4 cm³/mol. The smallest absolute Gasteiger partial charge is 0.336 e. The van der Waals surface area contributed by atoms with Gasteiger partial charge in [-0.2, -0.15) is 0 Å². The third-order valence-electron chi connectivity index (χ3n) is 3.08. The molecule has 3 rings (SSSR count). The summed E-state index contributed by atoms with van der Waals surface area (Å²) in [4.78, 5) is 15.5. The average molecular weight is 282 g/mol. The second kappa shape index (κ2) is 5.20. The monoisotopic (exact) mass is 282 g/mol. The van der Waals surface area contributed by atoms with Gasteiger partial charge in [0.2, 0.25) is 0 Å². The van der Waals surface area contributed by atoms with Crippen LogP contribution in [0.1, 0.15) is 10.4 Å². The number of aromatic nitrogens is 1.